The smallest absolute Gasteiger partial charge is 0.182 e. The van der Waals surface area contributed by atoms with E-state index < -0.39 is 11.4 Å². The van der Waals surface area contributed by atoms with Crippen molar-refractivity contribution in [3.63, 3.8) is 0 Å². The van der Waals surface area contributed by atoms with Crippen molar-refractivity contribution in [3.05, 3.63) is 11.6 Å². The minimum Gasteiger partial charge on any atom is -0.383 e. The van der Waals surface area contributed by atoms with Crippen molar-refractivity contribution < 1.29 is 19.4 Å². The van der Waals surface area contributed by atoms with Gasteiger partial charge in [0.25, 0.3) is 0 Å². The molecule has 0 unspecified atom stereocenters. The molecule has 0 saturated carbocycles. The molecule has 4 nitrogen and oxygen atoms in total. The van der Waals surface area contributed by atoms with Crippen LogP contribution in [0.2, 0.25) is 0 Å². The van der Waals surface area contributed by atoms with Gasteiger partial charge in [0.1, 0.15) is 5.60 Å². The molecule has 116 valence electrons. The zero-order valence-corrected chi connectivity index (χ0v) is 13.3. The number of hydrogen-bond acceptors (Lipinski definition) is 4. The number of alkyl halides is 1. The standard InChI is InChI=1S/C15H25ClO4/c1-12(6-7-13(17)14(2,3)18)5-4-8-15(11-16)19-9-10-20-15/h5,18H,4,6-11H2,1-3H3/b12-5+. The summed E-state index contributed by atoms with van der Waals surface area (Å²) < 4.78 is 11.1. The highest BCUT2D eigenvalue weighted by Crippen LogP contribution is 2.27. The van der Waals surface area contributed by atoms with Gasteiger partial charge >= 0.3 is 0 Å². The second-order valence-corrected chi connectivity index (χ2v) is 6.08. The molecule has 0 aromatic rings. The van der Waals surface area contributed by atoms with Crippen LogP contribution in [-0.2, 0) is 14.3 Å². The van der Waals surface area contributed by atoms with Crippen molar-refractivity contribution in [1.82, 2.24) is 0 Å². The topological polar surface area (TPSA) is 55.8 Å². The van der Waals surface area contributed by atoms with E-state index in [0.29, 0.717) is 38.4 Å². The van der Waals surface area contributed by atoms with Gasteiger partial charge in [-0.1, -0.05) is 11.6 Å². The molecule has 0 aromatic carbocycles. The summed E-state index contributed by atoms with van der Waals surface area (Å²) in [7, 11) is 0. The molecule has 1 N–H and O–H groups in total. The zero-order valence-electron chi connectivity index (χ0n) is 12.6. The van der Waals surface area contributed by atoms with Gasteiger partial charge in [-0.15, -0.1) is 11.6 Å². The van der Waals surface area contributed by atoms with E-state index in [9.17, 15) is 9.90 Å². The van der Waals surface area contributed by atoms with Crippen LogP contribution in [0.4, 0.5) is 0 Å². The van der Waals surface area contributed by atoms with E-state index in [4.69, 9.17) is 21.1 Å². The van der Waals surface area contributed by atoms with E-state index in [2.05, 4.69) is 6.08 Å². The van der Waals surface area contributed by atoms with E-state index in [1.165, 1.54) is 13.8 Å². The lowest BCUT2D eigenvalue weighted by atomic mass is 9.97. The van der Waals surface area contributed by atoms with Crippen LogP contribution < -0.4 is 0 Å². The normalized spacial score (nSPS) is 19.4. The molecule has 1 fully saturated rings. The van der Waals surface area contributed by atoms with E-state index in [-0.39, 0.29) is 5.78 Å². The van der Waals surface area contributed by atoms with Gasteiger partial charge in [0, 0.05) is 12.8 Å². The number of ketones is 1. The van der Waals surface area contributed by atoms with Gasteiger partial charge in [-0.25, -0.2) is 0 Å². The van der Waals surface area contributed by atoms with Gasteiger partial charge in [0.2, 0.25) is 0 Å². The minimum absolute atomic E-state index is 0.134. The maximum atomic E-state index is 11.6. The lowest BCUT2D eigenvalue weighted by Gasteiger charge is -2.24. The van der Waals surface area contributed by atoms with Crippen LogP contribution >= 0.6 is 11.6 Å². The molecule has 1 heterocycles. The van der Waals surface area contributed by atoms with Crippen molar-refractivity contribution in [1.29, 1.82) is 0 Å². The minimum atomic E-state index is -1.24. The molecular weight excluding hydrogens is 280 g/mol. The van der Waals surface area contributed by atoms with Gasteiger partial charge in [-0.2, -0.15) is 0 Å². The van der Waals surface area contributed by atoms with Gasteiger partial charge in [0.15, 0.2) is 11.6 Å². The quantitative estimate of drug-likeness (QED) is 0.553. The summed E-state index contributed by atoms with van der Waals surface area (Å²) in [5, 5.41) is 9.57. The monoisotopic (exact) mass is 304 g/mol. The van der Waals surface area contributed by atoms with Crippen LogP contribution in [0.15, 0.2) is 11.6 Å². The van der Waals surface area contributed by atoms with Gasteiger partial charge < -0.3 is 14.6 Å². The molecule has 20 heavy (non-hydrogen) atoms. The Bertz CT molecular complexity index is 351. The molecule has 0 aliphatic carbocycles. The number of allylic oxidation sites excluding steroid dienone is 2. The molecule has 1 aliphatic rings. The summed E-state index contributed by atoms with van der Waals surface area (Å²) in [6.45, 7) is 6.22. The van der Waals surface area contributed by atoms with Crippen molar-refractivity contribution in [2.24, 2.45) is 0 Å². The molecule has 1 rings (SSSR count). The molecule has 1 aliphatic heterocycles. The number of ether oxygens (including phenoxy) is 2. The average molecular weight is 305 g/mol. The van der Waals surface area contributed by atoms with Crippen molar-refractivity contribution in [3.8, 4) is 0 Å². The van der Waals surface area contributed by atoms with E-state index >= 15 is 0 Å². The first-order valence-corrected chi connectivity index (χ1v) is 7.58. The fourth-order valence-electron chi connectivity index (χ4n) is 2.04. The summed E-state index contributed by atoms with van der Waals surface area (Å²) in [6, 6.07) is 0. The van der Waals surface area contributed by atoms with Crippen LogP contribution in [0.1, 0.15) is 46.5 Å². The molecule has 0 atom stereocenters. The van der Waals surface area contributed by atoms with E-state index in [0.717, 1.165) is 12.0 Å². The Morgan fingerprint density at radius 3 is 2.45 bits per heavy atom. The third kappa shape index (κ3) is 5.52. The number of rotatable bonds is 8. The Labute approximate surface area is 126 Å². The van der Waals surface area contributed by atoms with E-state index in [1.54, 1.807) is 0 Å². The lowest BCUT2D eigenvalue weighted by Crippen LogP contribution is -2.32. The Morgan fingerprint density at radius 2 is 1.95 bits per heavy atom. The molecule has 0 radical (unpaired) electrons. The molecule has 5 heteroatoms. The average Bonchev–Trinajstić information content (AvgIpc) is 2.84. The van der Waals surface area contributed by atoms with Gasteiger partial charge in [-0.05, 0) is 33.6 Å². The second-order valence-electron chi connectivity index (χ2n) is 5.81. The summed E-state index contributed by atoms with van der Waals surface area (Å²) in [4.78, 5) is 11.6. The summed E-state index contributed by atoms with van der Waals surface area (Å²) in [5.74, 6) is -0.442. The molecule has 0 aromatic heterocycles. The van der Waals surface area contributed by atoms with Gasteiger partial charge in [0.05, 0.1) is 19.1 Å². The lowest BCUT2D eigenvalue weighted by molar-refractivity contribution is -0.142. The molecular formula is C15H25ClO4. The maximum Gasteiger partial charge on any atom is 0.182 e. The fourth-order valence-corrected chi connectivity index (χ4v) is 2.33. The predicted octanol–water partition coefficient (Wildman–Crippen LogP) is 2.82. The van der Waals surface area contributed by atoms with Crippen LogP contribution in [0.3, 0.4) is 0 Å². The van der Waals surface area contributed by atoms with Crippen LogP contribution in [0, 0.1) is 0 Å². The first-order chi connectivity index (χ1) is 9.29. The number of aliphatic hydroxyl groups is 1. The molecule has 1 saturated heterocycles. The SMILES string of the molecule is C/C(=C\CCC1(CCl)OCCO1)CCC(=O)C(C)(C)O. The Balaban J connectivity index is 2.33. The highest BCUT2D eigenvalue weighted by molar-refractivity contribution is 6.18. The molecule has 0 spiro atoms. The first kappa shape index (κ1) is 17.6. The fraction of sp³-hybridized carbons (Fsp3) is 0.800. The maximum absolute atomic E-state index is 11.6. The van der Waals surface area contributed by atoms with E-state index in [1.807, 2.05) is 6.92 Å². The van der Waals surface area contributed by atoms with Crippen LogP contribution in [-0.4, -0.2) is 41.4 Å². The predicted molar refractivity (Wildman–Crippen MR) is 78.9 cm³/mol. The third-order valence-corrected chi connectivity index (χ3v) is 3.87. The number of carbonyl (C=O) groups excluding carboxylic acids is 1. The van der Waals surface area contributed by atoms with Crippen LogP contribution in [0.5, 0.6) is 0 Å². The summed E-state index contributed by atoms with van der Waals surface area (Å²) >= 11 is 5.89. The molecule has 0 amide bonds. The third-order valence-electron chi connectivity index (χ3n) is 3.46. The first-order valence-electron chi connectivity index (χ1n) is 7.04. The second kappa shape index (κ2) is 7.55. The largest absolute Gasteiger partial charge is 0.383 e. The summed E-state index contributed by atoms with van der Waals surface area (Å²) in [6.07, 6.45) is 4.62. The number of hydrogen-bond donors (Lipinski definition) is 1. The Hall–Kier alpha value is -0.420. The van der Waals surface area contributed by atoms with Crippen molar-refractivity contribution >= 4 is 17.4 Å². The zero-order chi connectivity index (χ0) is 15.2. The summed E-state index contributed by atoms with van der Waals surface area (Å²) in [5.41, 5.74) is -0.112. The number of halogens is 1. The molecule has 0 bridgehead atoms. The van der Waals surface area contributed by atoms with Crippen molar-refractivity contribution in [2.75, 3.05) is 19.1 Å². The van der Waals surface area contributed by atoms with Gasteiger partial charge in [-0.3, -0.25) is 4.79 Å². The Kier molecular flexibility index (Phi) is 6.65. The highest BCUT2D eigenvalue weighted by atomic mass is 35.5. The highest BCUT2D eigenvalue weighted by Gasteiger charge is 2.34. The van der Waals surface area contributed by atoms with Crippen LogP contribution in [0.25, 0.3) is 0 Å². The van der Waals surface area contributed by atoms with Crippen molar-refractivity contribution in [2.45, 2.75) is 57.8 Å². The number of Topliss-reactive ketones (excluding diaryl/α,β-unsaturated/α-hetero) is 1. The Morgan fingerprint density at radius 1 is 1.35 bits per heavy atom. The number of carbonyl (C=O) groups is 1.